The summed E-state index contributed by atoms with van der Waals surface area (Å²) in [6, 6.07) is 9.81. The van der Waals surface area contributed by atoms with Gasteiger partial charge in [-0.15, -0.1) is 12.4 Å². The van der Waals surface area contributed by atoms with Gasteiger partial charge in [-0.05, 0) is 32.0 Å². The number of halogens is 2. The molecule has 2 aromatic rings. The second-order valence-electron chi connectivity index (χ2n) is 6.50. The van der Waals surface area contributed by atoms with Crippen LogP contribution in [0.3, 0.4) is 0 Å². The third kappa shape index (κ3) is 5.45. The lowest BCUT2D eigenvalue weighted by Crippen LogP contribution is -2.44. The van der Waals surface area contributed by atoms with Crippen molar-refractivity contribution in [2.24, 2.45) is 0 Å². The molecule has 0 bridgehead atoms. The van der Waals surface area contributed by atoms with Gasteiger partial charge < -0.3 is 9.63 Å². The Bertz CT molecular complexity index is 713. The number of aliphatic carboxylic acids is 1. The van der Waals surface area contributed by atoms with Crippen molar-refractivity contribution in [2.75, 3.05) is 26.7 Å². The molecule has 1 aliphatic heterocycles. The van der Waals surface area contributed by atoms with Gasteiger partial charge in [-0.2, -0.15) is 0 Å². The number of carboxylic acids is 1. The molecule has 1 aromatic heterocycles. The van der Waals surface area contributed by atoms with Crippen LogP contribution in [0.1, 0.15) is 18.6 Å². The summed E-state index contributed by atoms with van der Waals surface area (Å²) in [5.41, 5.74) is 1.79. The highest BCUT2D eigenvalue weighted by Gasteiger charge is 2.24. The van der Waals surface area contributed by atoms with Crippen molar-refractivity contribution in [2.45, 2.75) is 25.4 Å². The zero-order valence-electron chi connectivity index (χ0n) is 14.6. The van der Waals surface area contributed by atoms with E-state index in [1.165, 1.54) is 0 Å². The van der Waals surface area contributed by atoms with Crippen LogP contribution in [0, 0.1) is 0 Å². The van der Waals surface area contributed by atoms with Crippen LogP contribution >= 0.6 is 24.0 Å². The van der Waals surface area contributed by atoms with E-state index in [0.717, 1.165) is 49.5 Å². The van der Waals surface area contributed by atoms with E-state index in [-0.39, 0.29) is 19.0 Å². The van der Waals surface area contributed by atoms with Gasteiger partial charge in [0.05, 0.1) is 13.1 Å². The summed E-state index contributed by atoms with van der Waals surface area (Å²) >= 11 is 5.91. The maximum absolute atomic E-state index is 10.8. The lowest BCUT2D eigenvalue weighted by Gasteiger charge is -2.35. The summed E-state index contributed by atoms with van der Waals surface area (Å²) in [4.78, 5) is 15.1. The predicted octanol–water partition coefficient (Wildman–Crippen LogP) is 3.40. The van der Waals surface area contributed by atoms with Crippen LogP contribution in [-0.2, 0) is 11.3 Å². The van der Waals surface area contributed by atoms with Gasteiger partial charge >= 0.3 is 5.97 Å². The van der Waals surface area contributed by atoms with Gasteiger partial charge in [0.25, 0.3) is 0 Å². The molecule has 0 amide bonds. The van der Waals surface area contributed by atoms with Gasteiger partial charge in [-0.25, -0.2) is 0 Å². The Labute approximate surface area is 164 Å². The van der Waals surface area contributed by atoms with Crippen molar-refractivity contribution in [3.8, 4) is 11.3 Å². The van der Waals surface area contributed by atoms with Crippen molar-refractivity contribution < 1.29 is 14.4 Å². The van der Waals surface area contributed by atoms with Crippen molar-refractivity contribution in [3.05, 3.63) is 41.1 Å². The molecule has 1 fully saturated rings. The first-order chi connectivity index (χ1) is 12.0. The summed E-state index contributed by atoms with van der Waals surface area (Å²) in [6.45, 7) is 2.66. The van der Waals surface area contributed by atoms with Crippen LogP contribution in [0.2, 0.25) is 5.02 Å². The Morgan fingerprint density at radius 2 is 2.00 bits per heavy atom. The van der Waals surface area contributed by atoms with Gasteiger partial charge in [0.2, 0.25) is 0 Å². The molecule has 1 aliphatic rings. The first-order valence-corrected chi connectivity index (χ1v) is 8.75. The molecule has 0 spiro atoms. The number of aromatic nitrogens is 1. The maximum atomic E-state index is 10.8. The van der Waals surface area contributed by atoms with Gasteiger partial charge in [-0.1, -0.05) is 28.9 Å². The fourth-order valence-corrected chi connectivity index (χ4v) is 3.35. The predicted molar refractivity (Wildman–Crippen MR) is 103 cm³/mol. The van der Waals surface area contributed by atoms with Gasteiger partial charge in [0, 0.05) is 35.8 Å². The quantitative estimate of drug-likeness (QED) is 0.802. The first-order valence-electron chi connectivity index (χ1n) is 8.37. The number of carbonyl (C=O) groups is 1. The Morgan fingerprint density at radius 1 is 1.35 bits per heavy atom. The number of likely N-dealkylation sites (tertiary alicyclic amines) is 1. The molecule has 6 nitrogen and oxygen atoms in total. The minimum absolute atomic E-state index is 0. The Hall–Kier alpha value is -1.60. The first kappa shape index (κ1) is 20.7. The third-order valence-electron chi connectivity index (χ3n) is 4.64. The molecule has 142 valence electrons. The smallest absolute Gasteiger partial charge is 0.317 e. The van der Waals surface area contributed by atoms with E-state index in [2.05, 4.69) is 10.1 Å². The summed E-state index contributed by atoms with van der Waals surface area (Å²) in [7, 11) is 1.88. The van der Waals surface area contributed by atoms with E-state index in [9.17, 15) is 4.79 Å². The maximum Gasteiger partial charge on any atom is 0.317 e. The fraction of sp³-hybridized carbons (Fsp3) is 0.444. The molecule has 0 radical (unpaired) electrons. The van der Waals surface area contributed by atoms with E-state index in [4.69, 9.17) is 21.2 Å². The molecule has 8 heteroatoms. The second kappa shape index (κ2) is 9.37. The van der Waals surface area contributed by atoms with E-state index < -0.39 is 5.97 Å². The second-order valence-corrected chi connectivity index (χ2v) is 6.94. The molecule has 0 saturated carbocycles. The molecular formula is C18H23Cl2N3O3. The van der Waals surface area contributed by atoms with Crippen molar-refractivity contribution in [3.63, 3.8) is 0 Å². The standard InChI is InChI=1S/C18H22ClN3O3.ClH/c1-21(12-18(23)24)15-6-8-22(9-7-15)11-16-10-17(20-25-16)13-2-4-14(19)5-3-13;/h2-5,10,15H,6-9,11-12H2,1H3,(H,23,24);1H. The van der Waals surface area contributed by atoms with E-state index in [0.29, 0.717) is 11.1 Å². The number of benzene rings is 1. The Balaban J connectivity index is 0.00000243. The molecule has 3 rings (SSSR count). The van der Waals surface area contributed by atoms with Crippen LogP contribution in [0.15, 0.2) is 34.9 Å². The molecular weight excluding hydrogens is 377 g/mol. The lowest BCUT2D eigenvalue weighted by atomic mass is 10.0. The number of likely N-dealkylation sites (N-methyl/N-ethyl adjacent to an activating group) is 1. The van der Waals surface area contributed by atoms with Crippen LogP contribution < -0.4 is 0 Å². The molecule has 1 aromatic carbocycles. The van der Waals surface area contributed by atoms with Gasteiger partial charge in [0.1, 0.15) is 5.69 Å². The highest BCUT2D eigenvalue weighted by molar-refractivity contribution is 6.30. The Morgan fingerprint density at radius 3 is 2.62 bits per heavy atom. The highest BCUT2D eigenvalue weighted by atomic mass is 35.5. The number of hydrogen-bond acceptors (Lipinski definition) is 5. The molecule has 1 saturated heterocycles. The summed E-state index contributed by atoms with van der Waals surface area (Å²) in [5, 5.41) is 13.7. The topological polar surface area (TPSA) is 69.8 Å². The summed E-state index contributed by atoms with van der Waals surface area (Å²) < 4.78 is 5.47. The van der Waals surface area contributed by atoms with Crippen LogP contribution in [0.5, 0.6) is 0 Å². The molecule has 26 heavy (non-hydrogen) atoms. The Kier molecular flexibility index (Phi) is 7.46. The van der Waals surface area contributed by atoms with E-state index in [1.54, 1.807) is 0 Å². The zero-order chi connectivity index (χ0) is 17.8. The van der Waals surface area contributed by atoms with Crippen LogP contribution in [-0.4, -0.2) is 58.8 Å². The zero-order valence-corrected chi connectivity index (χ0v) is 16.2. The molecule has 1 N–H and O–H groups in total. The number of nitrogens with zero attached hydrogens (tertiary/aromatic N) is 3. The SMILES string of the molecule is CN(CC(=O)O)C1CCN(Cc2cc(-c3ccc(Cl)cc3)no2)CC1.Cl. The van der Waals surface area contributed by atoms with Crippen molar-refractivity contribution in [1.29, 1.82) is 0 Å². The van der Waals surface area contributed by atoms with Crippen LogP contribution in [0.25, 0.3) is 11.3 Å². The molecule has 0 unspecified atom stereocenters. The monoisotopic (exact) mass is 399 g/mol. The summed E-state index contributed by atoms with van der Waals surface area (Å²) in [5.74, 6) is 0.0589. The average Bonchev–Trinajstić information content (AvgIpc) is 3.04. The van der Waals surface area contributed by atoms with Crippen molar-refractivity contribution >= 4 is 30.0 Å². The van der Waals surface area contributed by atoms with Crippen LogP contribution in [0.4, 0.5) is 0 Å². The number of rotatable bonds is 6. The van der Waals surface area contributed by atoms with Crippen molar-refractivity contribution in [1.82, 2.24) is 15.0 Å². The number of piperidine rings is 1. The number of carboxylic acid groups (broad SMARTS) is 1. The average molecular weight is 400 g/mol. The minimum Gasteiger partial charge on any atom is -0.480 e. The summed E-state index contributed by atoms with van der Waals surface area (Å²) in [6.07, 6.45) is 1.92. The molecule has 0 aliphatic carbocycles. The number of hydrogen-bond donors (Lipinski definition) is 1. The van der Waals surface area contributed by atoms with Gasteiger partial charge in [-0.3, -0.25) is 14.6 Å². The fourth-order valence-electron chi connectivity index (χ4n) is 3.23. The lowest BCUT2D eigenvalue weighted by molar-refractivity contribution is -0.138. The van der Waals surface area contributed by atoms with E-state index in [1.807, 2.05) is 42.3 Å². The molecule has 0 atom stereocenters. The molecule has 2 heterocycles. The van der Waals surface area contributed by atoms with E-state index >= 15 is 0 Å². The third-order valence-corrected chi connectivity index (χ3v) is 4.90. The highest BCUT2D eigenvalue weighted by Crippen LogP contribution is 2.23. The normalized spacial score (nSPS) is 15.8. The van der Waals surface area contributed by atoms with Gasteiger partial charge in [0.15, 0.2) is 5.76 Å². The largest absolute Gasteiger partial charge is 0.480 e. The minimum atomic E-state index is -0.777.